The molecule has 0 aromatic rings. The molecule has 174 valence electrons. The molecule has 0 bridgehead atoms. The van der Waals surface area contributed by atoms with Crippen LogP contribution in [0.4, 0.5) is 48.3 Å². The van der Waals surface area contributed by atoms with Gasteiger partial charge in [-0.05, 0) is 0 Å². The number of ether oxygens (including phenoxy) is 2. The third-order valence-electron chi connectivity index (χ3n) is 4.13. The van der Waals surface area contributed by atoms with Gasteiger partial charge in [-0.3, -0.25) is 4.90 Å². The van der Waals surface area contributed by atoms with Crippen LogP contribution in [0.5, 0.6) is 0 Å². The Morgan fingerprint density at radius 3 is 1.79 bits per heavy atom. The maximum absolute atomic E-state index is 13.6. The Morgan fingerprint density at radius 2 is 1.34 bits per heavy atom. The number of nitrogens with zero attached hydrogens (tertiary/aromatic N) is 1. The predicted molar refractivity (Wildman–Crippen MR) is 74.5 cm³/mol. The van der Waals surface area contributed by atoms with E-state index in [0.717, 1.165) is 0 Å². The molecule has 0 aliphatic carbocycles. The Kier molecular flexibility index (Phi) is 8.15. The number of hydrogen-bond donors (Lipinski definition) is 1. The number of halogens is 11. The Morgan fingerprint density at radius 1 is 0.862 bits per heavy atom. The molecule has 1 rings (SSSR count). The molecule has 15 heteroatoms. The van der Waals surface area contributed by atoms with Gasteiger partial charge in [-0.1, -0.05) is 0 Å². The zero-order valence-electron chi connectivity index (χ0n) is 14.6. The van der Waals surface area contributed by atoms with Gasteiger partial charge in [0.1, 0.15) is 0 Å². The van der Waals surface area contributed by atoms with Crippen LogP contribution in [0.2, 0.25) is 0 Å². The van der Waals surface area contributed by atoms with E-state index in [2.05, 4.69) is 0 Å². The lowest BCUT2D eigenvalue weighted by Crippen LogP contribution is -2.70. The van der Waals surface area contributed by atoms with Gasteiger partial charge in [-0.2, -0.15) is 43.9 Å². The molecule has 1 saturated heterocycles. The molecule has 0 saturated carbocycles. The lowest BCUT2D eigenvalue weighted by atomic mass is 9.88. The minimum Gasteiger partial charge on any atom is -0.390 e. The van der Waals surface area contributed by atoms with Crippen LogP contribution < -0.4 is 0 Å². The maximum Gasteiger partial charge on any atom is 0.438 e. The predicted octanol–water partition coefficient (Wildman–Crippen LogP) is 3.19. The molecule has 4 nitrogen and oxygen atoms in total. The van der Waals surface area contributed by atoms with Crippen molar-refractivity contribution in [1.29, 1.82) is 0 Å². The third-order valence-corrected chi connectivity index (χ3v) is 4.13. The van der Waals surface area contributed by atoms with E-state index in [1.165, 1.54) is 0 Å². The van der Waals surface area contributed by atoms with Gasteiger partial charge in [0.2, 0.25) is 0 Å². The summed E-state index contributed by atoms with van der Waals surface area (Å²) in [6.07, 6.45) is -19.9. The van der Waals surface area contributed by atoms with Crippen molar-refractivity contribution in [2.75, 3.05) is 46.1 Å². The van der Waals surface area contributed by atoms with Gasteiger partial charge in [-0.15, -0.1) is 0 Å². The summed E-state index contributed by atoms with van der Waals surface area (Å²) in [6, 6.07) is 0. The molecule has 29 heavy (non-hydrogen) atoms. The molecule has 0 aromatic heterocycles. The highest BCUT2D eigenvalue weighted by molar-refractivity contribution is 5.11. The molecule has 1 unspecified atom stereocenters. The van der Waals surface area contributed by atoms with Gasteiger partial charge in [0, 0.05) is 26.1 Å². The molecule has 1 aliphatic heterocycles. The van der Waals surface area contributed by atoms with E-state index in [0.29, 0.717) is 26.3 Å². The Hall–Kier alpha value is -0.930. The molecule has 0 spiro atoms. The monoisotopic (exact) mass is 457 g/mol. The molecule has 0 amide bonds. The summed E-state index contributed by atoms with van der Waals surface area (Å²) in [4.78, 5) is 1.79. The Labute approximate surface area is 157 Å². The average Bonchev–Trinajstić information content (AvgIpc) is 2.56. The molecule has 1 fully saturated rings. The van der Waals surface area contributed by atoms with Crippen LogP contribution in [0.25, 0.3) is 0 Å². The van der Waals surface area contributed by atoms with Crippen molar-refractivity contribution < 1.29 is 62.9 Å². The topological polar surface area (TPSA) is 41.9 Å². The van der Waals surface area contributed by atoms with E-state index in [1.807, 2.05) is 0 Å². The van der Waals surface area contributed by atoms with Crippen LogP contribution in [-0.4, -0.2) is 92.0 Å². The second-order valence-electron chi connectivity index (χ2n) is 6.32. The smallest absolute Gasteiger partial charge is 0.390 e. The van der Waals surface area contributed by atoms with E-state index in [4.69, 9.17) is 9.47 Å². The van der Waals surface area contributed by atoms with Crippen LogP contribution >= 0.6 is 0 Å². The lowest BCUT2D eigenvalue weighted by Gasteiger charge is -2.40. The minimum atomic E-state index is -7.52. The summed E-state index contributed by atoms with van der Waals surface area (Å²) < 4.78 is 152. The standard InChI is InChI=1S/C14H18F11NO3/c15-10(16,12(18,19)11(17,13(20,21)22)14(23,24)25)7-9(27)8-29-6-3-26-1-4-28-5-2-26/h9,27H,1-8H2. The first-order valence-electron chi connectivity index (χ1n) is 8.11. The number of alkyl halides is 11. The molecule has 1 aliphatic rings. The number of rotatable bonds is 9. The molecule has 1 atom stereocenters. The Bertz CT molecular complexity index is 504. The highest BCUT2D eigenvalue weighted by Crippen LogP contribution is 2.59. The van der Waals surface area contributed by atoms with E-state index in [1.54, 1.807) is 4.90 Å². The van der Waals surface area contributed by atoms with Crippen molar-refractivity contribution in [3.8, 4) is 0 Å². The van der Waals surface area contributed by atoms with Crippen LogP contribution in [0.15, 0.2) is 0 Å². The van der Waals surface area contributed by atoms with Gasteiger partial charge in [0.25, 0.3) is 0 Å². The van der Waals surface area contributed by atoms with Crippen molar-refractivity contribution in [3.05, 3.63) is 0 Å². The quantitative estimate of drug-likeness (QED) is 0.427. The lowest BCUT2D eigenvalue weighted by molar-refractivity contribution is -0.428. The van der Waals surface area contributed by atoms with Crippen molar-refractivity contribution in [1.82, 2.24) is 4.90 Å². The first-order valence-corrected chi connectivity index (χ1v) is 8.11. The highest BCUT2D eigenvalue weighted by atomic mass is 19.4. The van der Waals surface area contributed by atoms with E-state index in [9.17, 15) is 53.4 Å². The van der Waals surface area contributed by atoms with Gasteiger partial charge < -0.3 is 14.6 Å². The van der Waals surface area contributed by atoms with Gasteiger partial charge in [0.05, 0.1) is 32.5 Å². The van der Waals surface area contributed by atoms with Gasteiger partial charge in [-0.25, -0.2) is 4.39 Å². The van der Waals surface area contributed by atoms with Crippen molar-refractivity contribution >= 4 is 0 Å². The third kappa shape index (κ3) is 5.61. The fraction of sp³-hybridized carbons (Fsp3) is 1.00. The number of morpholine rings is 1. The summed E-state index contributed by atoms with van der Waals surface area (Å²) in [6.45, 7) is 0.761. The first kappa shape index (κ1) is 26.1. The molecule has 0 aromatic carbocycles. The summed E-state index contributed by atoms with van der Waals surface area (Å²) in [5.41, 5.74) is -7.52. The number of hydrogen-bond acceptors (Lipinski definition) is 4. The molecule has 0 radical (unpaired) electrons. The second-order valence-corrected chi connectivity index (χ2v) is 6.32. The zero-order chi connectivity index (χ0) is 22.7. The van der Waals surface area contributed by atoms with Crippen molar-refractivity contribution in [2.45, 2.75) is 42.4 Å². The average molecular weight is 457 g/mol. The SMILES string of the molecule is OC(COCCN1CCOCC1)CC(F)(F)C(F)(F)C(F)(C(F)(F)F)C(F)(F)F. The number of aliphatic hydroxyl groups is 1. The minimum absolute atomic E-state index is 0.197. The fourth-order valence-corrected chi connectivity index (χ4v) is 2.49. The molecule has 1 heterocycles. The van der Waals surface area contributed by atoms with Gasteiger partial charge >= 0.3 is 29.9 Å². The summed E-state index contributed by atoms with van der Waals surface area (Å²) in [5.74, 6) is -13.4. The van der Waals surface area contributed by atoms with Gasteiger partial charge in [0.15, 0.2) is 0 Å². The van der Waals surface area contributed by atoms with Crippen LogP contribution in [-0.2, 0) is 9.47 Å². The van der Waals surface area contributed by atoms with Crippen LogP contribution in [0.3, 0.4) is 0 Å². The summed E-state index contributed by atoms with van der Waals surface area (Å²) in [7, 11) is 0. The highest BCUT2D eigenvalue weighted by Gasteiger charge is 2.89. The summed E-state index contributed by atoms with van der Waals surface area (Å²) in [5, 5.41) is 9.30. The zero-order valence-corrected chi connectivity index (χ0v) is 14.6. The fourth-order valence-electron chi connectivity index (χ4n) is 2.49. The van der Waals surface area contributed by atoms with E-state index in [-0.39, 0.29) is 13.2 Å². The first-order chi connectivity index (χ1) is 13.0. The second kappa shape index (κ2) is 9.06. The van der Waals surface area contributed by atoms with Crippen molar-refractivity contribution in [2.24, 2.45) is 0 Å². The number of aliphatic hydroxyl groups excluding tert-OH is 1. The van der Waals surface area contributed by atoms with Crippen LogP contribution in [0.1, 0.15) is 6.42 Å². The largest absolute Gasteiger partial charge is 0.438 e. The van der Waals surface area contributed by atoms with E-state index >= 15 is 0 Å². The maximum atomic E-state index is 13.6. The Balaban J connectivity index is 2.74. The molecular weight excluding hydrogens is 439 g/mol. The van der Waals surface area contributed by atoms with Crippen LogP contribution in [0, 0.1) is 0 Å². The summed E-state index contributed by atoms with van der Waals surface area (Å²) >= 11 is 0. The molecule has 1 N–H and O–H groups in total. The normalized spacial score (nSPS) is 19.4. The van der Waals surface area contributed by atoms with Crippen molar-refractivity contribution in [3.63, 3.8) is 0 Å². The van der Waals surface area contributed by atoms with E-state index < -0.39 is 49.0 Å². The molecular formula is C14H18F11NO3.